The fourth-order valence-electron chi connectivity index (χ4n) is 1.35. The van der Waals surface area contributed by atoms with Crippen molar-refractivity contribution in [2.45, 2.75) is 32.0 Å². The molecule has 0 aliphatic heterocycles. The van der Waals surface area contributed by atoms with Gasteiger partial charge in [0.05, 0.1) is 5.92 Å². The summed E-state index contributed by atoms with van der Waals surface area (Å²) in [6, 6.07) is 8.83. The Kier molecular flexibility index (Phi) is 4.62. The summed E-state index contributed by atoms with van der Waals surface area (Å²) in [5, 5.41) is 0. The Morgan fingerprint density at radius 3 is 2.12 bits per heavy atom. The maximum absolute atomic E-state index is 12.9. The Morgan fingerprint density at radius 1 is 1.12 bits per heavy atom. The molecule has 90 valence electrons. The third-order valence-corrected chi connectivity index (χ3v) is 3.26. The van der Waals surface area contributed by atoms with E-state index in [9.17, 15) is 8.78 Å². The summed E-state index contributed by atoms with van der Waals surface area (Å²) in [5.74, 6) is -0.812. The van der Waals surface area contributed by atoms with Crippen molar-refractivity contribution in [3.05, 3.63) is 35.9 Å². The summed E-state index contributed by atoms with van der Waals surface area (Å²) < 4.78 is 31.4. The van der Waals surface area contributed by atoms with Gasteiger partial charge in [0.15, 0.2) is 8.32 Å². The standard InChI is InChI=1S/C12H18F2OSi/c1-16(2,3)15-9-11(12(13)14)10-7-5-4-6-8-10/h4-8,11-12H,9H2,1-3H3. The molecule has 0 N–H and O–H groups in total. The largest absolute Gasteiger partial charge is 0.417 e. The smallest absolute Gasteiger partial charge is 0.247 e. The van der Waals surface area contributed by atoms with Gasteiger partial charge < -0.3 is 4.43 Å². The van der Waals surface area contributed by atoms with Crippen molar-refractivity contribution >= 4 is 8.32 Å². The first-order valence-electron chi connectivity index (χ1n) is 5.37. The first kappa shape index (κ1) is 13.3. The van der Waals surface area contributed by atoms with Crippen LogP contribution < -0.4 is 0 Å². The van der Waals surface area contributed by atoms with Gasteiger partial charge in [-0.1, -0.05) is 30.3 Å². The van der Waals surface area contributed by atoms with Crippen molar-refractivity contribution in [2.24, 2.45) is 0 Å². The second kappa shape index (κ2) is 5.55. The quantitative estimate of drug-likeness (QED) is 0.714. The maximum Gasteiger partial charge on any atom is 0.247 e. The molecule has 0 radical (unpaired) electrons. The minimum absolute atomic E-state index is 0.109. The van der Waals surface area contributed by atoms with E-state index in [0.29, 0.717) is 5.56 Å². The van der Waals surface area contributed by atoms with Crippen LogP contribution in [0.4, 0.5) is 8.78 Å². The lowest BCUT2D eigenvalue weighted by Crippen LogP contribution is -2.29. The molecule has 1 atom stereocenters. The highest BCUT2D eigenvalue weighted by Gasteiger charge is 2.25. The van der Waals surface area contributed by atoms with Crippen molar-refractivity contribution in [1.82, 2.24) is 0 Å². The zero-order valence-electron chi connectivity index (χ0n) is 9.91. The van der Waals surface area contributed by atoms with E-state index in [2.05, 4.69) is 0 Å². The van der Waals surface area contributed by atoms with E-state index < -0.39 is 20.7 Å². The molecule has 1 aromatic rings. The second-order valence-corrected chi connectivity index (χ2v) is 9.29. The van der Waals surface area contributed by atoms with Crippen LogP contribution in [0.2, 0.25) is 19.6 Å². The monoisotopic (exact) mass is 244 g/mol. The van der Waals surface area contributed by atoms with Crippen molar-refractivity contribution in [2.75, 3.05) is 6.61 Å². The number of benzene rings is 1. The minimum Gasteiger partial charge on any atom is -0.417 e. The van der Waals surface area contributed by atoms with Crippen LogP contribution in [0.1, 0.15) is 11.5 Å². The second-order valence-electron chi connectivity index (χ2n) is 4.78. The molecule has 0 fully saturated rings. The van der Waals surface area contributed by atoms with Crippen LogP contribution in [0, 0.1) is 0 Å². The van der Waals surface area contributed by atoms with E-state index in [1.807, 2.05) is 25.7 Å². The van der Waals surface area contributed by atoms with Crippen LogP contribution in [0.15, 0.2) is 30.3 Å². The molecule has 0 aliphatic carbocycles. The minimum atomic E-state index is -2.38. The summed E-state index contributed by atoms with van der Waals surface area (Å²) in [6.07, 6.45) is -2.38. The highest BCUT2D eigenvalue weighted by Crippen LogP contribution is 2.24. The van der Waals surface area contributed by atoms with E-state index in [1.54, 1.807) is 24.3 Å². The molecular formula is C12H18F2OSi. The van der Waals surface area contributed by atoms with Crippen molar-refractivity contribution in [3.63, 3.8) is 0 Å². The number of alkyl halides is 2. The zero-order valence-corrected chi connectivity index (χ0v) is 10.9. The lowest BCUT2D eigenvalue weighted by Gasteiger charge is -2.23. The average Bonchev–Trinajstić information content (AvgIpc) is 2.17. The first-order chi connectivity index (χ1) is 7.40. The van der Waals surface area contributed by atoms with E-state index in [4.69, 9.17) is 4.43 Å². The lowest BCUT2D eigenvalue weighted by atomic mass is 10.0. The van der Waals surface area contributed by atoms with Gasteiger partial charge in [-0.15, -0.1) is 0 Å². The number of halogens is 2. The van der Waals surface area contributed by atoms with E-state index >= 15 is 0 Å². The molecule has 0 aliphatic rings. The van der Waals surface area contributed by atoms with Gasteiger partial charge in [-0.2, -0.15) is 0 Å². The van der Waals surface area contributed by atoms with Crippen molar-refractivity contribution in [3.8, 4) is 0 Å². The molecule has 0 heterocycles. The highest BCUT2D eigenvalue weighted by molar-refractivity contribution is 6.69. The zero-order chi connectivity index (χ0) is 12.2. The van der Waals surface area contributed by atoms with Crippen LogP contribution in [-0.4, -0.2) is 21.3 Å². The van der Waals surface area contributed by atoms with Gasteiger partial charge in [0, 0.05) is 6.61 Å². The van der Waals surface area contributed by atoms with Crippen molar-refractivity contribution < 1.29 is 13.2 Å². The molecule has 0 bridgehead atoms. The van der Waals surface area contributed by atoms with Gasteiger partial charge >= 0.3 is 0 Å². The van der Waals surface area contributed by atoms with Gasteiger partial charge in [-0.25, -0.2) is 8.78 Å². The Hall–Kier alpha value is -0.743. The highest BCUT2D eigenvalue weighted by atomic mass is 28.4. The maximum atomic E-state index is 12.9. The SMILES string of the molecule is C[Si](C)(C)OCC(c1ccccc1)C(F)F. The Labute approximate surface area is 96.6 Å². The third kappa shape index (κ3) is 4.41. The number of rotatable bonds is 5. The normalized spacial score (nSPS) is 14.1. The van der Waals surface area contributed by atoms with Crippen LogP contribution in [0.3, 0.4) is 0 Å². The fraction of sp³-hybridized carbons (Fsp3) is 0.500. The molecule has 0 aromatic heterocycles. The van der Waals surface area contributed by atoms with E-state index in [0.717, 1.165) is 0 Å². The molecule has 0 amide bonds. The topological polar surface area (TPSA) is 9.23 Å². The summed E-state index contributed by atoms with van der Waals surface area (Å²) in [7, 11) is -1.73. The summed E-state index contributed by atoms with van der Waals surface area (Å²) in [6.45, 7) is 6.11. The van der Waals surface area contributed by atoms with Crippen LogP contribution in [0.25, 0.3) is 0 Å². The predicted octanol–water partition coefficient (Wildman–Crippen LogP) is 3.89. The molecular weight excluding hydrogens is 226 g/mol. The summed E-state index contributed by atoms with van der Waals surface area (Å²) in [5.41, 5.74) is 0.649. The van der Waals surface area contributed by atoms with Gasteiger partial charge in [0.25, 0.3) is 0 Å². The average molecular weight is 244 g/mol. The van der Waals surface area contributed by atoms with Gasteiger partial charge in [0.1, 0.15) is 0 Å². The summed E-state index contributed by atoms with van der Waals surface area (Å²) in [4.78, 5) is 0. The van der Waals surface area contributed by atoms with Gasteiger partial charge in [-0.3, -0.25) is 0 Å². The van der Waals surface area contributed by atoms with E-state index in [-0.39, 0.29) is 6.61 Å². The number of hydrogen-bond donors (Lipinski definition) is 0. The van der Waals surface area contributed by atoms with Crippen LogP contribution in [0.5, 0.6) is 0 Å². The molecule has 0 spiro atoms. The van der Waals surface area contributed by atoms with Crippen LogP contribution >= 0.6 is 0 Å². The number of hydrogen-bond acceptors (Lipinski definition) is 1. The van der Waals surface area contributed by atoms with Crippen molar-refractivity contribution in [1.29, 1.82) is 0 Å². The molecule has 0 saturated carbocycles. The molecule has 1 nitrogen and oxygen atoms in total. The van der Waals surface area contributed by atoms with Gasteiger partial charge in [-0.05, 0) is 25.2 Å². The fourth-order valence-corrected chi connectivity index (χ4v) is 2.03. The third-order valence-electron chi connectivity index (χ3n) is 2.23. The molecule has 1 unspecified atom stereocenters. The lowest BCUT2D eigenvalue weighted by molar-refractivity contribution is 0.0855. The molecule has 16 heavy (non-hydrogen) atoms. The molecule has 1 aromatic carbocycles. The molecule has 1 rings (SSSR count). The molecule has 0 saturated heterocycles. The summed E-state index contributed by atoms with van der Waals surface area (Å²) >= 11 is 0. The van der Waals surface area contributed by atoms with E-state index in [1.165, 1.54) is 0 Å². The first-order valence-corrected chi connectivity index (χ1v) is 8.78. The predicted molar refractivity (Wildman–Crippen MR) is 64.5 cm³/mol. The Bertz CT molecular complexity index is 309. The van der Waals surface area contributed by atoms with Crippen LogP contribution in [-0.2, 0) is 4.43 Å². The molecule has 4 heteroatoms. The Balaban J connectivity index is 2.70. The van der Waals surface area contributed by atoms with Gasteiger partial charge in [0.2, 0.25) is 6.43 Å². The Morgan fingerprint density at radius 2 is 1.69 bits per heavy atom.